The van der Waals surface area contributed by atoms with Gasteiger partial charge in [-0.2, -0.15) is 0 Å². The summed E-state index contributed by atoms with van der Waals surface area (Å²) in [6.45, 7) is 4.66. The molecule has 0 spiro atoms. The summed E-state index contributed by atoms with van der Waals surface area (Å²) in [5.74, 6) is 1.38. The minimum absolute atomic E-state index is 0.446. The van der Waals surface area contributed by atoms with Crippen molar-refractivity contribution in [3.05, 3.63) is 27.6 Å². The maximum absolute atomic E-state index is 5.99. The number of aromatic nitrogens is 2. The number of ether oxygens (including phenoxy) is 1. The van der Waals surface area contributed by atoms with Crippen LogP contribution in [-0.2, 0) is 17.2 Å². The van der Waals surface area contributed by atoms with Gasteiger partial charge in [-0.05, 0) is 53.6 Å². The summed E-state index contributed by atoms with van der Waals surface area (Å²) in [5.41, 5.74) is 2.18. The van der Waals surface area contributed by atoms with E-state index in [-0.39, 0.29) is 0 Å². The topological polar surface area (TPSA) is 27.1 Å². The van der Waals surface area contributed by atoms with Gasteiger partial charge in [-0.15, -0.1) is 11.6 Å². The Labute approximate surface area is 132 Å². The average molecular weight is 393 g/mol. The van der Waals surface area contributed by atoms with Gasteiger partial charge in [0.15, 0.2) is 0 Å². The first-order valence-corrected chi connectivity index (χ1v) is 8.16. The number of aryl methyl sites for hydroxylation is 1. The first-order chi connectivity index (χ1) is 9.26. The third-order valence-electron chi connectivity index (χ3n) is 2.93. The van der Waals surface area contributed by atoms with E-state index in [0.29, 0.717) is 5.88 Å². The van der Waals surface area contributed by atoms with Gasteiger partial charge in [0.25, 0.3) is 0 Å². The van der Waals surface area contributed by atoms with Crippen molar-refractivity contribution in [3.63, 3.8) is 0 Å². The molecule has 0 unspecified atom stereocenters. The number of rotatable bonds is 7. The van der Waals surface area contributed by atoms with Crippen LogP contribution in [0.4, 0.5) is 0 Å². The minimum Gasteiger partial charge on any atom is -0.381 e. The smallest absolute Gasteiger partial charge is 0.124 e. The number of imidazole rings is 1. The Kier molecular flexibility index (Phi) is 5.91. The maximum Gasteiger partial charge on any atom is 0.124 e. The molecule has 104 valence electrons. The van der Waals surface area contributed by atoms with Crippen molar-refractivity contribution >= 4 is 45.2 Å². The number of halogens is 2. The molecule has 1 heterocycles. The van der Waals surface area contributed by atoms with Crippen LogP contribution in [0.5, 0.6) is 0 Å². The fraction of sp³-hybridized carbons (Fsp3) is 0.500. The molecule has 0 amide bonds. The van der Waals surface area contributed by atoms with E-state index in [1.165, 1.54) is 3.57 Å². The van der Waals surface area contributed by atoms with E-state index in [9.17, 15) is 0 Å². The Morgan fingerprint density at radius 1 is 1.37 bits per heavy atom. The highest BCUT2D eigenvalue weighted by atomic mass is 127. The van der Waals surface area contributed by atoms with Crippen LogP contribution in [0.25, 0.3) is 11.0 Å². The van der Waals surface area contributed by atoms with Crippen LogP contribution in [0.3, 0.4) is 0 Å². The molecule has 0 aliphatic rings. The first-order valence-electron chi connectivity index (χ1n) is 6.54. The second kappa shape index (κ2) is 7.45. The average Bonchev–Trinajstić information content (AvgIpc) is 2.75. The number of hydrogen-bond acceptors (Lipinski definition) is 2. The Hall–Kier alpha value is -0.330. The number of hydrogen-bond donors (Lipinski definition) is 0. The highest BCUT2D eigenvalue weighted by molar-refractivity contribution is 14.1. The molecule has 0 saturated carbocycles. The third-order valence-corrected chi connectivity index (χ3v) is 3.84. The summed E-state index contributed by atoms with van der Waals surface area (Å²) < 4.78 is 8.92. The number of nitrogens with zero attached hydrogens (tertiary/aromatic N) is 2. The van der Waals surface area contributed by atoms with Crippen LogP contribution < -0.4 is 0 Å². The molecule has 1 aromatic heterocycles. The second-order valence-corrected chi connectivity index (χ2v) is 5.93. The van der Waals surface area contributed by atoms with Gasteiger partial charge in [-0.25, -0.2) is 4.98 Å². The van der Waals surface area contributed by atoms with Crippen LogP contribution >= 0.6 is 34.2 Å². The molecule has 0 aliphatic heterocycles. The van der Waals surface area contributed by atoms with Crippen molar-refractivity contribution in [2.75, 3.05) is 13.2 Å². The van der Waals surface area contributed by atoms with E-state index < -0.39 is 0 Å². The van der Waals surface area contributed by atoms with Crippen LogP contribution in [0.1, 0.15) is 25.6 Å². The normalized spacial score (nSPS) is 11.3. The van der Waals surface area contributed by atoms with E-state index in [4.69, 9.17) is 16.3 Å². The summed E-state index contributed by atoms with van der Waals surface area (Å²) in [6.07, 6.45) is 2.06. The molecule has 0 fully saturated rings. The predicted molar refractivity (Wildman–Crippen MR) is 87.7 cm³/mol. The van der Waals surface area contributed by atoms with Crippen molar-refractivity contribution in [1.29, 1.82) is 0 Å². The Morgan fingerprint density at radius 3 is 2.95 bits per heavy atom. The Bertz CT molecular complexity index is 541. The quantitative estimate of drug-likeness (QED) is 0.401. The fourth-order valence-electron chi connectivity index (χ4n) is 2.08. The summed E-state index contributed by atoms with van der Waals surface area (Å²) in [5, 5.41) is 0. The highest BCUT2D eigenvalue weighted by Crippen LogP contribution is 2.20. The molecular weight excluding hydrogens is 375 g/mol. The van der Waals surface area contributed by atoms with Gasteiger partial charge in [0.1, 0.15) is 5.82 Å². The molecule has 0 bridgehead atoms. The van der Waals surface area contributed by atoms with E-state index in [0.717, 1.165) is 49.5 Å². The molecule has 0 radical (unpaired) electrons. The maximum atomic E-state index is 5.99. The lowest BCUT2D eigenvalue weighted by Crippen LogP contribution is -2.06. The van der Waals surface area contributed by atoms with Crippen LogP contribution in [0.15, 0.2) is 18.2 Å². The van der Waals surface area contributed by atoms with Crippen molar-refractivity contribution in [2.24, 2.45) is 0 Å². The first kappa shape index (κ1) is 15.1. The van der Waals surface area contributed by atoms with Crippen molar-refractivity contribution in [3.8, 4) is 0 Å². The molecule has 0 saturated heterocycles. The molecule has 0 atom stereocenters. The van der Waals surface area contributed by atoms with Crippen LogP contribution in [0.2, 0.25) is 0 Å². The van der Waals surface area contributed by atoms with Crippen molar-refractivity contribution < 1.29 is 4.74 Å². The zero-order valence-corrected chi connectivity index (χ0v) is 13.9. The van der Waals surface area contributed by atoms with Crippen molar-refractivity contribution in [2.45, 2.75) is 32.2 Å². The van der Waals surface area contributed by atoms with Gasteiger partial charge in [-0.3, -0.25) is 0 Å². The van der Waals surface area contributed by atoms with E-state index >= 15 is 0 Å². The summed E-state index contributed by atoms with van der Waals surface area (Å²) in [6, 6.07) is 6.32. The molecule has 19 heavy (non-hydrogen) atoms. The fourth-order valence-corrected chi connectivity index (χ4v) is 2.75. The van der Waals surface area contributed by atoms with Crippen molar-refractivity contribution in [1.82, 2.24) is 9.55 Å². The highest BCUT2D eigenvalue weighted by Gasteiger charge is 2.09. The summed E-state index contributed by atoms with van der Waals surface area (Å²) in [4.78, 5) is 4.59. The molecule has 2 aromatic rings. The van der Waals surface area contributed by atoms with Crippen LogP contribution in [-0.4, -0.2) is 22.8 Å². The molecule has 1 aromatic carbocycles. The van der Waals surface area contributed by atoms with E-state index in [2.05, 4.69) is 57.3 Å². The molecule has 0 aliphatic carbocycles. The van der Waals surface area contributed by atoms with Gasteiger partial charge < -0.3 is 9.30 Å². The minimum atomic E-state index is 0.446. The zero-order valence-electron chi connectivity index (χ0n) is 11.0. The summed E-state index contributed by atoms with van der Waals surface area (Å²) in [7, 11) is 0. The molecular formula is C14H18ClIN2O. The number of alkyl halides is 1. The molecule has 0 N–H and O–H groups in total. The molecule has 3 nitrogen and oxygen atoms in total. The van der Waals surface area contributed by atoms with Gasteiger partial charge in [-0.1, -0.05) is 6.92 Å². The Balaban J connectivity index is 2.11. The molecule has 5 heteroatoms. The Morgan fingerprint density at radius 2 is 2.21 bits per heavy atom. The van der Waals surface area contributed by atoms with Crippen LogP contribution in [0, 0.1) is 3.57 Å². The van der Waals surface area contributed by atoms with Gasteiger partial charge in [0.05, 0.1) is 16.9 Å². The standard InChI is InChI=1S/C14H18ClIN2O/c1-2-7-19-8-3-6-18-13-5-4-11(16)9-12(13)17-14(18)10-15/h4-5,9H,2-3,6-8,10H2,1H3. The number of benzene rings is 1. The second-order valence-electron chi connectivity index (χ2n) is 4.41. The van der Waals surface area contributed by atoms with Gasteiger partial charge in [0.2, 0.25) is 0 Å². The SMILES string of the molecule is CCCOCCCn1c(CCl)nc2cc(I)ccc21. The monoisotopic (exact) mass is 392 g/mol. The van der Waals surface area contributed by atoms with Gasteiger partial charge >= 0.3 is 0 Å². The van der Waals surface area contributed by atoms with E-state index in [1.54, 1.807) is 0 Å². The lowest BCUT2D eigenvalue weighted by atomic mass is 10.3. The van der Waals surface area contributed by atoms with E-state index in [1.807, 2.05) is 0 Å². The van der Waals surface area contributed by atoms with Gasteiger partial charge in [0, 0.05) is 23.3 Å². The largest absolute Gasteiger partial charge is 0.381 e. The zero-order chi connectivity index (χ0) is 13.7. The molecule has 2 rings (SSSR count). The lowest BCUT2D eigenvalue weighted by Gasteiger charge is -2.08. The predicted octanol–water partition coefficient (Wildman–Crippen LogP) is 4.20. The number of fused-ring (bicyclic) bond motifs is 1. The third kappa shape index (κ3) is 3.83. The lowest BCUT2D eigenvalue weighted by molar-refractivity contribution is 0.129. The summed E-state index contributed by atoms with van der Waals surface area (Å²) >= 11 is 8.29.